The number of ether oxygens (including phenoxy) is 4. The van der Waals surface area contributed by atoms with E-state index in [1.165, 1.54) is 7.11 Å². The fourth-order valence-corrected chi connectivity index (χ4v) is 6.98. The molecular formula is C29H34N2O13. The molecule has 4 aliphatic rings. The number of methoxy groups -OCH3 is 1. The number of likely N-dealkylation sites (N-methyl/N-ethyl adjacent to an activating group) is 1. The summed E-state index contributed by atoms with van der Waals surface area (Å²) in [5.41, 5.74) is -0.377. The summed E-state index contributed by atoms with van der Waals surface area (Å²) in [6.07, 6.45) is -3.48. The largest absolute Gasteiger partial charge is 0.493 e. The van der Waals surface area contributed by atoms with Crippen LogP contribution in [0, 0.1) is 0 Å². The van der Waals surface area contributed by atoms with Crippen LogP contribution in [0.4, 0.5) is 0 Å². The Kier molecular flexibility index (Phi) is 8.07. The second kappa shape index (κ2) is 11.4. The molecule has 2 aliphatic heterocycles. The summed E-state index contributed by atoms with van der Waals surface area (Å²) in [4.78, 5) is 61.7. The van der Waals surface area contributed by atoms with Crippen molar-refractivity contribution in [1.29, 1.82) is 0 Å². The highest BCUT2D eigenvalue weighted by Crippen LogP contribution is 2.65. The molecule has 2 heterocycles. The van der Waals surface area contributed by atoms with Crippen molar-refractivity contribution in [2.75, 3.05) is 20.7 Å². The Morgan fingerprint density at radius 2 is 1.91 bits per heavy atom. The Labute approximate surface area is 251 Å². The Balaban J connectivity index is 1.28. The number of aliphatic hydroxyl groups excluding tert-OH is 1. The van der Waals surface area contributed by atoms with Crippen molar-refractivity contribution in [3.63, 3.8) is 0 Å². The van der Waals surface area contributed by atoms with E-state index in [4.69, 9.17) is 29.2 Å². The Morgan fingerprint density at radius 1 is 1.18 bits per heavy atom. The second-order valence-corrected chi connectivity index (χ2v) is 11.6. The van der Waals surface area contributed by atoms with Crippen LogP contribution in [-0.2, 0) is 45.3 Å². The number of carboxylic acids is 2. The minimum atomic E-state index is -2.00. The van der Waals surface area contributed by atoms with E-state index in [9.17, 15) is 34.2 Å². The highest BCUT2D eigenvalue weighted by Gasteiger charge is 2.72. The molecule has 0 saturated carbocycles. The lowest BCUT2D eigenvalue weighted by atomic mass is 9.50. The molecule has 1 amide bonds. The molecule has 15 nitrogen and oxygen atoms in total. The first kappa shape index (κ1) is 31.2. The first-order chi connectivity index (χ1) is 20.7. The number of aliphatic hydroxyl groups is 2. The highest BCUT2D eigenvalue weighted by atomic mass is 16.6. The van der Waals surface area contributed by atoms with Gasteiger partial charge in [0.2, 0.25) is 0 Å². The molecule has 7 atom stereocenters. The van der Waals surface area contributed by atoms with E-state index < -0.39 is 78.0 Å². The van der Waals surface area contributed by atoms with Crippen LogP contribution in [-0.4, -0.2) is 112 Å². The summed E-state index contributed by atoms with van der Waals surface area (Å²) in [5, 5.41) is 42.6. The maximum absolute atomic E-state index is 13.0. The van der Waals surface area contributed by atoms with Gasteiger partial charge >= 0.3 is 23.9 Å². The van der Waals surface area contributed by atoms with Crippen LogP contribution in [0.2, 0.25) is 0 Å². The number of amides is 1. The number of hydrogen-bond donors (Lipinski definition) is 5. The summed E-state index contributed by atoms with van der Waals surface area (Å²) in [6, 6.07) is 1.76. The maximum Gasteiger partial charge on any atom is 0.340 e. The van der Waals surface area contributed by atoms with E-state index in [2.05, 4.69) is 4.90 Å². The number of benzene rings is 1. The van der Waals surface area contributed by atoms with E-state index in [0.717, 1.165) is 18.1 Å². The normalized spacial score (nSPS) is 28.2. The van der Waals surface area contributed by atoms with Crippen LogP contribution in [0.15, 0.2) is 24.0 Å². The Bertz CT molecular complexity index is 1440. The van der Waals surface area contributed by atoms with Gasteiger partial charge in [-0.1, -0.05) is 6.07 Å². The fourth-order valence-electron chi connectivity index (χ4n) is 6.98. The third kappa shape index (κ3) is 4.94. The molecule has 1 fully saturated rings. The summed E-state index contributed by atoms with van der Waals surface area (Å²) < 4.78 is 22.4. The third-order valence-corrected chi connectivity index (χ3v) is 9.08. The molecular weight excluding hydrogens is 584 g/mol. The van der Waals surface area contributed by atoms with Crippen LogP contribution < -0.4 is 14.8 Å². The molecule has 1 aromatic carbocycles. The number of piperidine rings is 1. The van der Waals surface area contributed by atoms with Crippen molar-refractivity contribution in [3.8, 4) is 11.5 Å². The summed E-state index contributed by atoms with van der Waals surface area (Å²) in [5.74, 6) is -5.50. The minimum Gasteiger partial charge on any atom is -0.493 e. The van der Waals surface area contributed by atoms with Crippen molar-refractivity contribution in [2.24, 2.45) is 0 Å². The smallest absolute Gasteiger partial charge is 0.340 e. The van der Waals surface area contributed by atoms with Crippen LogP contribution in [0.25, 0.3) is 0 Å². The minimum absolute atomic E-state index is 0.0763. The van der Waals surface area contributed by atoms with Gasteiger partial charge in [0, 0.05) is 18.0 Å². The number of carbonyl (C=O) groups excluding carboxylic acids is 3. The summed E-state index contributed by atoms with van der Waals surface area (Å²) in [7, 11) is 3.46. The fraction of sp³-hybridized carbons (Fsp3) is 0.552. The lowest BCUT2D eigenvalue weighted by molar-refractivity contribution is -0.173. The van der Waals surface area contributed by atoms with Crippen molar-refractivity contribution >= 4 is 29.8 Å². The van der Waals surface area contributed by atoms with Gasteiger partial charge in [0.15, 0.2) is 29.8 Å². The topological polar surface area (TPSA) is 218 Å². The lowest BCUT2D eigenvalue weighted by Gasteiger charge is -2.61. The number of hydrogen-bond acceptors (Lipinski definition) is 12. The Hall–Kier alpha value is -4.21. The average Bonchev–Trinajstić information content (AvgIpc) is 3.31. The van der Waals surface area contributed by atoms with Crippen LogP contribution in [0.3, 0.4) is 0 Å². The summed E-state index contributed by atoms with van der Waals surface area (Å²) in [6.45, 7) is 1.76. The molecule has 15 heteroatoms. The van der Waals surface area contributed by atoms with Crippen molar-refractivity contribution < 1.29 is 63.3 Å². The van der Waals surface area contributed by atoms with Crippen LogP contribution in [0.1, 0.15) is 43.7 Å². The van der Waals surface area contributed by atoms with E-state index in [1.54, 1.807) is 12.1 Å². The zero-order chi connectivity index (χ0) is 32.1. The third-order valence-electron chi connectivity index (χ3n) is 9.08. The molecule has 2 aliphatic carbocycles. The van der Waals surface area contributed by atoms with Crippen molar-refractivity contribution in [2.45, 2.75) is 80.4 Å². The number of rotatable bonds is 11. The highest BCUT2D eigenvalue weighted by molar-refractivity contribution is 5.90. The molecule has 44 heavy (non-hydrogen) atoms. The standard InChI is InChI=1S/C29H34N2O13/c1-13(25(36)30-15(26(37)38)11-20(33)34)42-21(35)12-16(32)27(39)43-18-6-7-29(40)19-10-14-4-5-17(41-3)23-22(14)28(29,24(18)44-23)8-9-31(19)2/h4-6,13,15-16,19,24,32,40H,7-12H2,1-3H3,(H,30,36)(H,33,34)(H,37,38)/t13-,15+,16-,19-,24-,28-,29+/m0/s1. The number of nitrogens with zero attached hydrogens (tertiary/aromatic N) is 1. The van der Waals surface area contributed by atoms with Gasteiger partial charge in [0.05, 0.1) is 31.0 Å². The second-order valence-electron chi connectivity index (χ2n) is 11.6. The van der Waals surface area contributed by atoms with E-state index in [-0.39, 0.29) is 18.2 Å². The van der Waals surface area contributed by atoms with Gasteiger partial charge in [-0.05, 0) is 51.1 Å². The molecule has 238 valence electrons. The molecule has 1 aromatic rings. The quantitative estimate of drug-likeness (QED) is 0.193. The van der Waals surface area contributed by atoms with Gasteiger partial charge in [-0.15, -0.1) is 0 Å². The van der Waals surface area contributed by atoms with Crippen LogP contribution >= 0.6 is 0 Å². The number of likely N-dealkylation sites (tertiary alicyclic amines) is 1. The summed E-state index contributed by atoms with van der Waals surface area (Å²) >= 11 is 0. The van der Waals surface area contributed by atoms with E-state index >= 15 is 0 Å². The van der Waals surface area contributed by atoms with E-state index in [0.29, 0.717) is 30.9 Å². The van der Waals surface area contributed by atoms with Gasteiger partial charge in [-0.3, -0.25) is 14.4 Å². The number of carboxylic acid groups (broad SMARTS) is 2. The van der Waals surface area contributed by atoms with Gasteiger partial charge < -0.3 is 49.6 Å². The average molecular weight is 619 g/mol. The van der Waals surface area contributed by atoms with E-state index in [1.807, 2.05) is 18.4 Å². The SMILES string of the molecule is COc1ccc2c3c1O[C@H]1C(OC(=O)[C@@H](O)CC(=O)O[C@@H](C)C(=O)N[C@H](CC(=O)O)C(=O)O)=CC[C@@]4(O)[C@H](C2)N(C)CC[C@]314. The van der Waals surface area contributed by atoms with Gasteiger partial charge in [-0.2, -0.15) is 0 Å². The monoisotopic (exact) mass is 618 g/mol. The number of nitrogens with one attached hydrogen (secondary N) is 1. The first-order valence-corrected chi connectivity index (χ1v) is 14.1. The number of carbonyl (C=O) groups is 5. The predicted molar refractivity (Wildman–Crippen MR) is 146 cm³/mol. The van der Waals surface area contributed by atoms with Gasteiger partial charge in [0.1, 0.15) is 11.8 Å². The van der Waals surface area contributed by atoms with Crippen LogP contribution in [0.5, 0.6) is 11.5 Å². The molecule has 0 aromatic heterocycles. The number of esters is 2. The maximum atomic E-state index is 13.0. The van der Waals surface area contributed by atoms with Gasteiger partial charge in [0.25, 0.3) is 5.91 Å². The number of aliphatic carboxylic acids is 2. The zero-order valence-electron chi connectivity index (χ0n) is 24.3. The van der Waals surface area contributed by atoms with Crippen molar-refractivity contribution in [1.82, 2.24) is 10.2 Å². The molecule has 2 bridgehead atoms. The lowest BCUT2D eigenvalue weighted by Crippen LogP contribution is -2.74. The molecule has 5 N–H and O–H groups in total. The molecule has 5 rings (SSSR count). The predicted octanol–water partition coefficient (Wildman–Crippen LogP) is -0.757. The van der Waals surface area contributed by atoms with Gasteiger partial charge in [-0.25, -0.2) is 9.59 Å². The molecule has 0 unspecified atom stereocenters. The molecule has 1 saturated heterocycles. The van der Waals surface area contributed by atoms with Crippen molar-refractivity contribution in [3.05, 3.63) is 35.1 Å². The zero-order valence-corrected chi connectivity index (χ0v) is 24.3. The Morgan fingerprint density at radius 3 is 2.57 bits per heavy atom. The first-order valence-electron chi connectivity index (χ1n) is 14.1. The molecule has 1 spiro atoms. The molecule has 0 radical (unpaired) electrons.